The van der Waals surface area contributed by atoms with Gasteiger partial charge in [0.1, 0.15) is 4.88 Å². The zero-order valence-electron chi connectivity index (χ0n) is 18.9. The van der Waals surface area contributed by atoms with Gasteiger partial charge in [-0.05, 0) is 37.5 Å². The van der Waals surface area contributed by atoms with E-state index in [9.17, 15) is 9.59 Å². The molecule has 0 aliphatic heterocycles. The molecule has 0 fully saturated rings. The van der Waals surface area contributed by atoms with Crippen LogP contribution in [0.1, 0.15) is 41.2 Å². The van der Waals surface area contributed by atoms with Crippen LogP contribution in [0.4, 0.5) is 5.13 Å². The molecule has 1 aromatic carbocycles. The molecular formula is C23H25N5O3S2. The fourth-order valence-corrected chi connectivity index (χ4v) is 5.10. The fourth-order valence-electron chi connectivity index (χ4n) is 3.33. The van der Waals surface area contributed by atoms with E-state index in [0.717, 1.165) is 38.6 Å². The van der Waals surface area contributed by atoms with Crippen LogP contribution in [0.25, 0.3) is 16.6 Å². The number of fused-ring (bicyclic) bond motifs is 3. The van der Waals surface area contributed by atoms with Crippen LogP contribution in [0.2, 0.25) is 0 Å². The van der Waals surface area contributed by atoms with Crippen molar-refractivity contribution in [1.29, 1.82) is 0 Å². The molecule has 33 heavy (non-hydrogen) atoms. The number of aryl methyl sites for hydroxylation is 2. The van der Waals surface area contributed by atoms with E-state index in [4.69, 9.17) is 4.74 Å². The third-order valence-electron chi connectivity index (χ3n) is 4.91. The minimum absolute atomic E-state index is 0.173. The summed E-state index contributed by atoms with van der Waals surface area (Å²) in [5, 5.41) is 13.7. The van der Waals surface area contributed by atoms with Crippen molar-refractivity contribution in [2.45, 2.75) is 39.3 Å². The maximum atomic E-state index is 12.5. The predicted octanol–water partition coefficient (Wildman–Crippen LogP) is 4.89. The number of para-hydroxylation sites is 1. The molecule has 0 unspecified atom stereocenters. The number of nitrogens with one attached hydrogen (secondary N) is 1. The van der Waals surface area contributed by atoms with Crippen LogP contribution in [0.3, 0.4) is 0 Å². The number of esters is 1. The summed E-state index contributed by atoms with van der Waals surface area (Å²) in [6, 6.07) is 10.1. The van der Waals surface area contributed by atoms with Gasteiger partial charge in [0.2, 0.25) is 5.91 Å². The number of anilines is 1. The number of thioether (sulfide) groups is 1. The quantitative estimate of drug-likeness (QED) is 0.281. The molecule has 0 aliphatic carbocycles. The van der Waals surface area contributed by atoms with Gasteiger partial charge >= 0.3 is 5.97 Å². The van der Waals surface area contributed by atoms with E-state index < -0.39 is 5.97 Å². The van der Waals surface area contributed by atoms with E-state index in [1.807, 2.05) is 42.5 Å². The van der Waals surface area contributed by atoms with Crippen molar-refractivity contribution >= 4 is 56.7 Å². The second-order valence-corrected chi connectivity index (χ2v) is 10.2. The number of carbonyl (C=O) groups is 2. The zero-order valence-corrected chi connectivity index (χ0v) is 20.5. The lowest BCUT2D eigenvalue weighted by Crippen LogP contribution is -2.12. The smallest absolute Gasteiger partial charge is 0.350 e. The van der Waals surface area contributed by atoms with Crippen LogP contribution < -0.4 is 5.32 Å². The molecular weight excluding hydrogens is 458 g/mol. The van der Waals surface area contributed by atoms with Crippen LogP contribution in [-0.2, 0) is 9.53 Å². The Morgan fingerprint density at radius 1 is 1.21 bits per heavy atom. The average Bonchev–Trinajstić information content (AvgIpc) is 3.35. The molecule has 4 rings (SSSR count). The van der Waals surface area contributed by atoms with E-state index in [-0.39, 0.29) is 18.2 Å². The van der Waals surface area contributed by atoms with E-state index in [0.29, 0.717) is 28.1 Å². The normalized spacial score (nSPS) is 11.4. The third kappa shape index (κ3) is 5.17. The minimum atomic E-state index is -0.407. The molecule has 0 aliphatic rings. The van der Waals surface area contributed by atoms with Crippen molar-refractivity contribution in [2.75, 3.05) is 17.7 Å². The Morgan fingerprint density at radius 3 is 2.79 bits per heavy atom. The van der Waals surface area contributed by atoms with Crippen LogP contribution in [-0.4, -0.2) is 43.8 Å². The van der Waals surface area contributed by atoms with Crippen LogP contribution in [0.5, 0.6) is 0 Å². The SMILES string of the molecule is Cc1nc(NC(=O)CCSc2nnc3cc(C)c4ccccc4n23)sc1C(=O)OCC(C)C. The van der Waals surface area contributed by atoms with Crippen molar-refractivity contribution in [3.05, 3.63) is 46.5 Å². The predicted molar refractivity (Wildman–Crippen MR) is 131 cm³/mol. The second-order valence-electron chi connectivity index (χ2n) is 8.09. The summed E-state index contributed by atoms with van der Waals surface area (Å²) in [4.78, 5) is 29.4. The molecule has 3 aromatic heterocycles. The Labute approximate surface area is 199 Å². The Balaban J connectivity index is 1.38. The van der Waals surface area contributed by atoms with Crippen LogP contribution in [0, 0.1) is 19.8 Å². The summed E-state index contributed by atoms with van der Waals surface area (Å²) < 4.78 is 7.29. The summed E-state index contributed by atoms with van der Waals surface area (Å²) in [6.07, 6.45) is 0.273. The van der Waals surface area contributed by atoms with Crippen LogP contribution >= 0.6 is 23.1 Å². The molecule has 8 nitrogen and oxygen atoms in total. The topological polar surface area (TPSA) is 98.5 Å². The number of aromatic nitrogens is 4. The molecule has 0 saturated heterocycles. The number of ether oxygens (including phenoxy) is 1. The minimum Gasteiger partial charge on any atom is -0.461 e. The lowest BCUT2D eigenvalue weighted by Gasteiger charge is -2.07. The van der Waals surface area contributed by atoms with Crippen molar-refractivity contribution in [3.63, 3.8) is 0 Å². The van der Waals surface area contributed by atoms with E-state index in [1.54, 1.807) is 6.92 Å². The number of amides is 1. The standard InChI is InChI=1S/C23H25N5O3S2/c1-13(2)12-31-21(30)20-15(4)24-22(33-20)25-19(29)9-10-32-23-27-26-18-11-14(3)16-7-5-6-8-17(16)28(18)23/h5-8,11,13H,9-10,12H2,1-4H3,(H,24,25,29). The van der Waals surface area contributed by atoms with E-state index in [1.165, 1.54) is 11.8 Å². The summed E-state index contributed by atoms with van der Waals surface area (Å²) in [7, 11) is 0. The number of hydrogen-bond donors (Lipinski definition) is 1. The molecule has 0 atom stereocenters. The first-order valence-corrected chi connectivity index (χ1v) is 12.4. The zero-order chi connectivity index (χ0) is 23.5. The Bertz CT molecular complexity index is 1330. The maximum Gasteiger partial charge on any atom is 0.350 e. The lowest BCUT2D eigenvalue weighted by atomic mass is 10.1. The molecule has 10 heteroatoms. The number of hydrogen-bond acceptors (Lipinski definition) is 8. The molecule has 1 N–H and O–H groups in total. The van der Waals surface area contributed by atoms with Gasteiger partial charge in [0.15, 0.2) is 15.9 Å². The molecule has 172 valence electrons. The fraction of sp³-hybridized carbons (Fsp3) is 0.348. The van der Waals surface area contributed by atoms with Gasteiger partial charge in [0.25, 0.3) is 0 Å². The number of nitrogens with zero attached hydrogens (tertiary/aromatic N) is 4. The summed E-state index contributed by atoms with van der Waals surface area (Å²) in [5.41, 5.74) is 3.52. The number of carbonyl (C=O) groups excluding carboxylic acids is 2. The third-order valence-corrected chi connectivity index (χ3v) is 6.89. The molecule has 1 amide bonds. The number of pyridine rings is 1. The summed E-state index contributed by atoms with van der Waals surface area (Å²) in [6.45, 7) is 8.09. The monoisotopic (exact) mass is 483 g/mol. The molecule has 0 saturated carbocycles. The van der Waals surface area contributed by atoms with E-state index in [2.05, 4.69) is 33.5 Å². The highest BCUT2D eigenvalue weighted by Gasteiger charge is 2.18. The molecule has 0 spiro atoms. The number of rotatable bonds is 8. The molecule has 0 radical (unpaired) electrons. The Kier molecular flexibility index (Phi) is 6.94. The summed E-state index contributed by atoms with van der Waals surface area (Å²) >= 11 is 2.61. The highest BCUT2D eigenvalue weighted by Crippen LogP contribution is 2.27. The van der Waals surface area contributed by atoms with Gasteiger partial charge < -0.3 is 10.1 Å². The van der Waals surface area contributed by atoms with Gasteiger partial charge in [-0.25, -0.2) is 9.78 Å². The van der Waals surface area contributed by atoms with Gasteiger partial charge in [0.05, 0.1) is 17.8 Å². The molecule has 0 bridgehead atoms. The first-order chi connectivity index (χ1) is 15.8. The van der Waals surface area contributed by atoms with Gasteiger partial charge in [-0.1, -0.05) is 55.1 Å². The highest BCUT2D eigenvalue weighted by atomic mass is 32.2. The van der Waals surface area contributed by atoms with Gasteiger partial charge in [-0.3, -0.25) is 9.20 Å². The maximum absolute atomic E-state index is 12.5. The van der Waals surface area contributed by atoms with Crippen LogP contribution in [0.15, 0.2) is 35.5 Å². The van der Waals surface area contributed by atoms with Crippen molar-refractivity contribution in [1.82, 2.24) is 19.6 Å². The molecule has 3 heterocycles. The van der Waals surface area contributed by atoms with Gasteiger partial charge in [0, 0.05) is 17.6 Å². The van der Waals surface area contributed by atoms with Crippen molar-refractivity contribution in [3.8, 4) is 0 Å². The first kappa shape index (κ1) is 23.2. The van der Waals surface area contributed by atoms with Gasteiger partial charge in [-0.15, -0.1) is 10.2 Å². The summed E-state index contributed by atoms with van der Waals surface area (Å²) in [5.74, 6) is 0.203. The number of benzene rings is 1. The number of thiazole rings is 1. The Morgan fingerprint density at radius 2 is 2.00 bits per heavy atom. The molecule has 4 aromatic rings. The van der Waals surface area contributed by atoms with Crippen molar-refractivity contribution in [2.24, 2.45) is 5.92 Å². The van der Waals surface area contributed by atoms with Crippen molar-refractivity contribution < 1.29 is 14.3 Å². The van der Waals surface area contributed by atoms with E-state index >= 15 is 0 Å². The highest BCUT2D eigenvalue weighted by molar-refractivity contribution is 7.99. The Hall–Kier alpha value is -2.98. The largest absolute Gasteiger partial charge is 0.461 e. The first-order valence-electron chi connectivity index (χ1n) is 10.6. The van der Waals surface area contributed by atoms with Gasteiger partial charge in [-0.2, -0.15) is 0 Å². The lowest BCUT2D eigenvalue weighted by molar-refractivity contribution is -0.115. The average molecular weight is 484 g/mol. The second kappa shape index (κ2) is 9.88.